The average molecular weight is 205 g/mol. The number of hydrogen-bond acceptors (Lipinski definition) is 2. The van der Waals surface area contributed by atoms with Crippen molar-refractivity contribution < 1.29 is 9.90 Å². The van der Waals surface area contributed by atoms with Crippen LogP contribution in [0.1, 0.15) is 30.0 Å². The molecule has 3 heteroatoms. The molecule has 0 heterocycles. The summed E-state index contributed by atoms with van der Waals surface area (Å²) < 4.78 is 0. The van der Waals surface area contributed by atoms with Gasteiger partial charge in [-0.2, -0.15) is 0 Å². The molecule has 0 fully saturated rings. The minimum atomic E-state index is -0.432. The van der Waals surface area contributed by atoms with E-state index in [1.54, 1.807) is 0 Å². The number of carbonyl (C=O) groups is 1. The highest BCUT2D eigenvalue weighted by Crippen LogP contribution is 2.29. The Bertz CT molecular complexity index is 362. The fourth-order valence-electron chi connectivity index (χ4n) is 2.14. The topological polar surface area (TPSA) is 49.3 Å². The third kappa shape index (κ3) is 2.18. The zero-order chi connectivity index (χ0) is 10.7. The molecule has 0 spiro atoms. The van der Waals surface area contributed by atoms with Gasteiger partial charge in [0.05, 0.1) is 6.04 Å². The predicted molar refractivity (Wildman–Crippen MR) is 57.3 cm³/mol. The zero-order valence-electron chi connectivity index (χ0n) is 8.57. The Hall–Kier alpha value is -1.35. The van der Waals surface area contributed by atoms with Crippen molar-refractivity contribution >= 4 is 5.91 Å². The Morgan fingerprint density at radius 1 is 1.47 bits per heavy atom. The van der Waals surface area contributed by atoms with Crippen molar-refractivity contribution in [1.29, 1.82) is 0 Å². The number of aliphatic hydroxyl groups is 1. The number of nitrogens with one attached hydrogen (secondary N) is 1. The van der Waals surface area contributed by atoms with Crippen molar-refractivity contribution in [2.75, 3.05) is 6.61 Å². The summed E-state index contributed by atoms with van der Waals surface area (Å²) in [5.74, 6) is -0.295. The monoisotopic (exact) mass is 205 g/mol. The maximum Gasteiger partial charge on any atom is 0.246 e. The molecule has 15 heavy (non-hydrogen) atoms. The SMILES string of the molecule is O=C(CO)NC1CCCc2ccccc21. The van der Waals surface area contributed by atoms with Crippen molar-refractivity contribution in [3.8, 4) is 0 Å². The molecule has 1 amide bonds. The Balaban J connectivity index is 2.18. The number of aryl methyl sites for hydroxylation is 1. The van der Waals surface area contributed by atoms with Crippen molar-refractivity contribution in [3.05, 3.63) is 35.4 Å². The molecule has 0 saturated carbocycles. The normalized spacial score (nSPS) is 19.4. The van der Waals surface area contributed by atoms with Gasteiger partial charge in [-0.05, 0) is 30.4 Å². The van der Waals surface area contributed by atoms with Crippen LogP contribution >= 0.6 is 0 Å². The summed E-state index contributed by atoms with van der Waals surface area (Å²) in [4.78, 5) is 11.1. The molecule has 1 aromatic carbocycles. The van der Waals surface area contributed by atoms with E-state index in [2.05, 4.69) is 17.4 Å². The molecule has 0 aromatic heterocycles. The van der Waals surface area contributed by atoms with E-state index in [4.69, 9.17) is 5.11 Å². The highest BCUT2D eigenvalue weighted by atomic mass is 16.3. The lowest BCUT2D eigenvalue weighted by atomic mass is 9.88. The molecule has 0 radical (unpaired) electrons. The number of rotatable bonds is 2. The molecule has 0 bridgehead atoms. The lowest BCUT2D eigenvalue weighted by molar-refractivity contribution is -0.124. The maximum atomic E-state index is 11.1. The maximum absolute atomic E-state index is 11.1. The number of hydrogen-bond donors (Lipinski definition) is 2. The van der Waals surface area contributed by atoms with Crippen LogP contribution in [0.25, 0.3) is 0 Å². The molecular weight excluding hydrogens is 190 g/mol. The van der Waals surface area contributed by atoms with E-state index in [-0.39, 0.29) is 11.9 Å². The number of amides is 1. The molecule has 1 aromatic rings. The van der Waals surface area contributed by atoms with Crippen LogP contribution in [0.3, 0.4) is 0 Å². The molecule has 2 N–H and O–H groups in total. The summed E-state index contributed by atoms with van der Waals surface area (Å²) in [5.41, 5.74) is 2.51. The second-order valence-corrected chi connectivity index (χ2v) is 3.87. The van der Waals surface area contributed by atoms with E-state index in [1.165, 1.54) is 11.1 Å². The lowest BCUT2D eigenvalue weighted by Crippen LogP contribution is -2.32. The average Bonchev–Trinajstić information content (AvgIpc) is 2.29. The third-order valence-electron chi connectivity index (χ3n) is 2.85. The minimum absolute atomic E-state index is 0.0783. The number of aliphatic hydroxyl groups excluding tert-OH is 1. The molecular formula is C12H15NO2. The van der Waals surface area contributed by atoms with Crippen LogP contribution in [0.15, 0.2) is 24.3 Å². The summed E-state index contributed by atoms with van der Waals surface area (Å²) >= 11 is 0. The molecule has 3 nitrogen and oxygen atoms in total. The smallest absolute Gasteiger partial charge is 0.246 e. The molecule has 1 aliphatic carbocycles. The van der Waals surface area contributed by atoms with E-state index in [9.17, 15) is 4.79 Å². The number of benzene rings is 1. The quantitative estimate of drug-likeness (QED) is 0.761. The summed E-state index contributed by atoms with van der Waals surface area (Å²) in [6, 6.07) is 8.25. The van der Waals surface area contributed by atoms with Gasteiger partial charge in [0.25, 0.3) is 0 Å². The van der Waals surface area contributed by atoms with Crippen LogP contribution in [0, 0.1) is 0 Å². The molecule has 1 atom stereocenters. The van der Waals surface area contributed by atoms with E-state index >= 15 is 0 Å². The minimum Gasteiger partial charge on any atom is -0.387 e. The van der Waals surface area contributed by atoms with E-state index < -0.39 is 6.61 Å². The van der Waals surface area contributed by atoms with Gasteiger partial charge in [0.2, 0.25) is 5.91 Å². The van der Waals surface area contributed by atoms with Crippen LogP contribution in [-0.2, 0) is 11.2 Å². The summed E-state index contributed by atoms with van der Waals surface area (Å²) in [6.07, 6.45) is 3.14. The molecule has 2 rings (SSSR count). The Labute approximate surface area is 89.1 Å². The van der Waals surface area contributed by atoms with Crippen LogP contribution in [0.2, 0.25) is 0 Å². The van der Waals surface area contributed by atoms with E-state index in [0.717, 1.165) is 19.3 Å². The molecule has 0 aliphatic heterocycles. The van der Waals surface area contributed by atoms with Gasteiger partial charge < -0.3 is 10.4 Å². The van der Waals surface area contributed by atoms with Gasteiger partial charge >= 0.3 is 0 Å². The molecule has 1 aliphatic rings. The van der Waals surface area contributed by atoms with Crippen LogP contribution in [0.5, 0.6) is 0 Å². The number of carbonyl (C=O) groups excluding carboxylic acids is 1. The van der Waals surface area contributed by atoms with Gasteiger partial charge in [0.1, 0.15) is 6.61 Å². The highest BCUT2D eigenvalue weighted by Gasteiger charge is 2.20. The Morgan fingerprint density at radius 3 is 3.07 bits per heavy atom. The Kier molecular flexibility index (Phi) is 3.02. The first-order chi connectivity index (χ1) is 7.31. The first-order valence-corrected chi connectivity index (χ1v) is 5.29. The largest absolute Gasteiger partial charge is 0.387 e. The third-order valence-corrected chi connectivity index (χ3v) is 2.85. The highest BCUT2D eigenvalue weighted by molar-refractivity contribution is 5.77. The van der Waals surface area contributed by atoms with Crippen molar-refractivity contribution in [1.82, 2.24) is 5.32 Å². The predicted octanol–water partition coefficient (Wildman–Crippen LogP) is 1.17. The molecule has 80 valence electrons. The van der Waals surface area contributed by atoms with Gasteiger partial charge in [-0.25, -0.2) is 0 Å². The van der Waals surface area contributed by atoms with Crippen molar-refractivity contribution in [2.45, 2.75) is 25.3 Å². The fourth-order valence-corrected chi connectivity index (χ4v) is 2.14. The van der Waals surface area contributed by atoms with Gasteiger partial charge in [-0.3, -0.25) is 4.79 Å². The summed E-state index contributed by atoms with van der Waals surface area (Å²) in [6.45, 7) is -0.432. The first kappa shape index (κ1) is 10.2. The van der Waals surface area contributed by atoms with Gasteiger partial charge in [-0.1, -0.05) is 24.3 Å². The second-order valence-electron chi connectivity index (χ2n) is 3.87. The zero-order valence-corrected chi connectivity index (χ0v) is 8.57. The lowest BCUT2D eigenvalue weighted by Gasteiger charge is -2.26. The van der Waals surface area contributed by atoms with Crippen molar-refractivity contribution in [2.24, 2.45) is 0 Å². The Morgan fingerprint density at radius 2 is 2.27 bits per heavy atom. The first-order valence-electron chi connectivity index (χ1n) is 5.29. The van der Waals surface area contributed by atoms with Gasteiger partial charge in [0, 0.05) is 0 Å². The summed E-state index contributed by atoms with van der Waals surface area (Å²) in [7, 11) is 0. The van der Waals surface area contributed by atoms with Crippen LogP contribution < -0.4 is 5.32 Å². The van der Waals surface area contributed by atoms with Gasteiger partial charge in [-0.15, -0.1) is 0 Å². The second kappa shape index (κ2) is 4.45. The standard InChI is InChI=1S/C12H15NO2/c14-8-12(15)13-11-7-3-5-9-4-1-2-6-10(9)11/h1-2,4,6,11,14H,3,5,7-8H2,(H,13,15). The molecule has 0 saturated heterocycles. The molecule has 1 unspecified atom stereocenters. The summed E-state index contributed by atoms with van der Waals surface area (Å²) in [5, 5.41) is 11.5. The van der Waals surface area contributed by atoms with Crippen LogP contribution in [-0.4, -0.2) is 17.6 Å². The fraction of sp³-hybridized carbons (Fsp3) is 0.417. The van der Waals surface area contributed by atoms with E-state index in [0.29, 0.717) is 0 Å². The van der Waals surface area contributed by atoms with Gasteiger partial charge in [0.15, 0.2) is 0 Å². The van der Waals surface area contributed by atoms with E-state index in [1.807, 2.05) is 12.1 Å². The van der Waals surface area contributed by atoms with Crippen molar-refractivity contribution in [3.63, 3.8) is 0 Å². The number of fused-ring (bicyclic) bond motifs is 1. The van der Waals surface area contributed by atoms with Crippen LogP contribution in [0.4, 0.5) is 0 Å².